The van der Waals surface area contributed by atoms with E-state index in [2.05, 4.69) is 0 Å². The van der Waals surface area contributed by atoms with Crippen LogP contribution in [-0.2, 0) is 18.9 Å². The maximum Gasteiger partial charge on any atom is 0.508 e. The van der Waals surface area contributed by atoms with E-state index in [4.69, 9.17) is 18.9 Å². The van der Waals surface area contributed by atoms with Gasteiger partial charge >= 0.3 is 12.3 Å². The van der Waals surface area contributed by atoms with Crippen molar-refractivity contribution in [3.8, 4) is 0 Å². The van der Waals surface area contributed by atoms with Gasteiger partial charge in [-0.25, -0.2) is 9.59 Å². The molecule has 0 aliphatic rings. The van der Waals surface area contributed by atoms with Crippen molar-refractivity contribution >= 4 is 12.3 Å². The highest BCUT2D eigenvalue weighted by Gasteiger charge is 2.12. The van der Waals surface area contributed by atoms with E-state index in [1.54, 1.807) is 6.92 Å². The fraction of sp³-hybridized carbons (Fsp3) is 0.867. The van der Waals surface area contributed by atoms with Crippen molar-refractivity contribution in [1.82, 2.24) is 0 Å². The first-order chi connectivity index (χ1) is 9.81. The van der Waals surface area contributed by atoms with Gasteiger partial charge in [-0.1, -0.05) is 27.7 Å². The standard InChI is InChI=1S/C15H28O6/c1-11(2)9-19-14(16)18-8-6-7-13(5)21-15(17)20-10-12(3)4/h11-13H,6-10H2,1-5H3. The van der Waals surface area contributed by atoms with E-state index in [1.807, 2.05) is 27.7 Å². The Morgan fingerprint density at radius 1 is 0.810 bits per heavy atom. The predicted molar refractivity (Wildman–Crippen MR) is 78.1 cm³/mol. The fourth-order valence-electron chi connectivity index (χ4n) is 1.29. The Morgan fingerprint density at radius 3 is 1.86 bits per heavy atom. The Kier molecular flexibility index (Phi) is 10.4. The maximum atomic E-state index is 11.3. The molecule has 1 atom stereocenters. The lowest BCUT2D eigenvalue weighted by molar-refractivity contribution is 0.0152. The van der Waals surface area contributed by atoms with Crippen LogP contribution >= 0.6 is 0 Å². The Hall–Kier alpha value is -1.46. The van der Waals surface area contributed by atoms with E-state index >= 15 is 0 Å². The van der Waals surface area contributed by atoms with E-state index in [1.165, 1.54) is 0 Å². The molecule has 0 amide bonds. The Labute approximate surface area is 127 Å². The lowest BCUT2D eigenvalue weighted by atomic mass is 10.2. The zero-order valence-corrected chi connectivity index (χ0v) is 13.7. The fourth-order valence-corrected chi connectivity index (χ4v) is 1.29. The van der Waals surface area contributed by atoms with Crippen LogP contribution < -0.4 is 0 Å². The molecule has 6 heteroatoms. The summed E-state index contributed by atoms with van der Waals surface area (Å²) in [4.78, 5) is 22.5. The summed E-state index contributed by atoms with van der Waals surface area (Å²) in [5.41, 5.74) is 0. The van der Waals surface area contributed by atoms with Crippen LogP contribution in [-0.4, -0.2) is 38.2 Å². The summed E-state index contributed by atoms with van der Waals surface area (Å²) in [5.74, 6) is 0.556. The lowest BCUT2D eigenvalue weighted by Crippen LogP contribution is -2.19. The third kappa shape index (κ3) is 13.3. The van der Waals surface area contributed by atoms with E-state index in [9.17, 15) is 9.59 Å². The van der Waals surface area contributed by atoms with Crippen molar-refractivity contribution in [1.29, 1.82) is 0 Å². The van der Waals surface area contributed by atoms with Gasteiger partial charge in [-0.3, -0.25) is 0 Å². The second kappa shape index (κ2) is 11.2. The molecule has 0 heterocycles. The van der Waals surface area contributed by atoms with E-state index in [0.29, 0.717) is 26.1 Å². The minimum absolute atomic E-state index is 0.242. The molecular formula is C15H28O6. The van der Waals surface area contributed by atoms with Crippen molar-refractivity contribution in [2.24, 2.45) is 11.8 Å². The predicted octanol–water partition coefficient (Wildman–Crippen LogP) is 3.77. The van der Waals surface area contributed by atoms with E-state index < -0.39 is 12.3 Å². The number of ether oxygens (including phenoxy) is 4. The molecule has 0 rings (SSSR count). The second-order valence-electron chi connectivity index (χ2n) is 5.83. The molecule has 0 bridgehead atoms. The quantitative estimate of drug-likeness (QED) is 0.477. The van der Waals surface area contributed by atoms with Crippen LogP contribution in [0.5, 0.6) is 0 Å². The SMILES string of the molecule is CC(C)COC(=O)OCCCC(C)OC(=O)OCC(C)C. The molecule has 0 N–H and O–H groups in total. The zero-order chi connectivity index (χ0) is 16.3. The van der Waals surface area contributed by atoms with Crippen LogP contribution in [0.2, 0.25) is 0 Å². The van der Waals surface area contributed by atoms with Crippen LogP contribution in [0.4, 0.5) is 9.59 Å². The van der Waals surface area contributed by atoms with Crippen LogP contribution in [0.15, 0.2) is 0 Å². The van der Waals surface area contributed by atoms with Gasteiger partial charge in [0.2, 0.25) is 0 Å². The second-order valence-corrected chi connectivity index (χ2v) is 5.83. The van der Waals surface area contributed by atoms with Crippen molar-refractivity contribution < 1.29 is 28.5 Å². The smallest absolute Gasteiger partial charge is 0.434 e. The van der Waals surface area contributed by atoms with Crippen molar-refractivity contribution in [3.63, 3.8) is 0 Å². The van der Waals surface area contributed by atoms with Crippen molar-refractivity contribution in [2.45, 2.75) is 53.6 Å². The topological polar surface area (TPSA) is 71.1 Å². The minimum Gasteiger partial charge on any atom is -0.434 e. The summed E-state index contributed by atoms with van der Waals surface area (Å²) in [5, 5.41) is 0. The van der Waals surface area contributed by atoms with Crippen LogP contribution in [0, 0.1) is 11.8 Å². The zero-order valence-electron chi connectivity index (χ0n) is 13.7. The monoisotopic (exact) mass is 304 g/mol. The van der Waals surface area contributed by atoms with Gasteiger partial charge in [0, 0.05) is 0 Å². The first-order valence-corrected chi connectivity index (χ1v) is 7.44. The normalized spacial score (nSPS) is 12.1. The molecule has 0 aromatic carbocycles. The number of carbonyl (C=O) groups excluding carboxylic acids is 2. The van der Waals surface area contributed by atoms with Gasteiger partial charge in [-0.15, -0.1) is 0 Å². The largest absolute Gasteiger partial charge is 0.508 e. The summed E-state index contributed by atoms with van der Waals surface area (Å²) < 4.78 is 19.7. The molecule has 0 radical (unpaired) electrons. The average molecular weight is 304 g/mol. The molecule has 1 unspecified atom stereocenters. The molecule has 0 aromatic heterocycles. The highest BCUT2D eigenvalue weighted by Crippen LogP contribution is 2.05. The van der Waals surface area contributed by atoms with Gasteiger partial charge in [0.1, 0.15) is 6.10 Å². The van der Waals surface area contributed by atoms with Gasteiger partial charge in [0.25, 0.3) is 0 Å². The number of hydrogen-bond donors (Lipinski definition) is 0. The summed E-state index contributed by atoms with van der Waals surface area (Å²) in [7, 11) is 0. The lowest BCUT2D eigenvalue weighted by Gasteiger charge is -2.14. The molecule has 0 fully saturated rings. The molecule has 0 aliphatic carbocycles. The molecule has 0 spiro atoms. The Morgan fingerprint density at radius 2 is 1.33 bits per heavy atom. The van der Waals surface area contributed by atoms with Crippen molar-refractivity contribution in [2.75, 3.05) is 19.8 Å². The average Bonchev–Trinajstić information content (AvgIpc) is 2.39. The van der Waals surface area contributed by atoms with E-state index in [-0.39, 0.29) is 24.5 Å². The molecule has 6 nitrogen and oxygen atoms in total. The van der Waals surface area contributed by atoms with Gasteiger partial charge in [-0.2, -0.15) is 0 Å². The summed E-state index contributed by atoms with van der Waals surface area (Å²) >= 11 is 0. The highest BCUT2D eigenvalue weighted by atomic mass is 16.7. The first-order valence-electron chi connectivity index (χ1n) is 7.44. The third-order valence-electron chi connectivity index (χ3n) is 2.34. The maximum absolute atomic E-state index is 11.3. The Balaban J connectivity index is 3.59. The highest BCUT2D eigenvalue weighted by molar-refractivity contribution is 5.60. The number of carbonyl (C=O) groups is 2. The van der Waals surface area contributed by atoms with E-state index in [0.717, 1.165) is 0 Å². The minimum atomic E-state index is -0.659. The molecule has 0 aromatic rings. The third-order valence-corrected chi connectivity index (χ3v) is 2.34. The van der Waals surface area contributed by atoms with Crippen LogP contribution in [0.1, 0.15) is 47.5 Å². The summed E-state index contributed by atoms with van der Waals surface area (Å²) in [6, 6.07) is 0. The summed E-state index contributed by atoms with van der Waals surface area (Å²) in [6.45, 7) is 10.5. The van der Waals surface area contributed by atoms with Gasteiger partial charge in [0.15, 0.2) is 0 Å². The summed E-state index contributed by atoms with van der Waals surface area (Å²) in [6.07, 6.45) is -0.411. The molecule has 0 aliphatic heterocycles. The number of rotatable bonds is 9. The van der Waals surface area contributed by atoms with Gasteiger partial charge in [0.05, 0.1) is 19.8 Å². The Bertz CT molecular complexity index is 301. The van der Waals surface area contributed by atoms with Crippen molar-refractivity contribution in [3.05, 3.63) is 0 Å². The molecule has 21 heavy (non-hydrogen) atoms. The van der Waals surface area contributed by atoms with Gasteiger partial charge in [-0.05, 0) is 31.6 Å². The van der Waals surface area contributed by atoms with Crippen LogP contribution in [0.25, 0.3) is 0 Å². The van der Waals surface area contributed by atoms with Crippen LogP contribution in [0.3, 0.4) is 0 Å². The molecule has 0 saturated heterocycles. The molecular weight excluding hydrogens is 276 g/mol. The van der Waals surface area contributed by atoms with Gasteiger partial charge < -0.3 is 18.9 Å². The molecule has 0 saturated carbocycles. The molecule has 124 valence electrons. The number of hydrogen-bond acceptors (Lipinski definition) is 6. The first kappa shape index (κ1) is 19.5.